The van der Waals surface area contributed by atoms with E-state index in [1.165, 1.54) is 15.6 Å². The van der Waals surface area contributed by atoms with Crippen LogP contribution < -0.4 is 10.1 Å². The monoisotopic (exact) mass is 443 g/mol. The number of aromatic nitrogens is 3. The summed E-state index contributed by atoms with van der Waals surface area (Å²) in [6, 6.07) is 8.93. The summed E-state index contributed by atoms with van der Waals surface area (Å²) in [5.74, 6) is 0.553. The summed E-state index contributed by atoms with van der Waals surface area (Å²) in [5, 5.41) is 3.90. The fourth-order valence-corrected chi connectivity index (χ4v) is 6.20. The van der Waals surface area contributed by atoms with E-state index >= 15 is 0 Å². The molecule has 0 saturated carbocycles. The first-order valence-corrected chi connectivity index (χ1v) is 11.9. The Labute approximate surface area is 178 Å². The number of aryl methyl sites for hydroxylation is 1. The fourth-order valence-electron chi connectivity index (χ4n) is 3.78. The van der Waals surface area contributed by atoms with Crippen molar-refractivity contribution in [1.82, 2.24) is 18.8 Å². The van der Waals surface area contributed by atoms with Crippen LogP contribution in [-0.2, 0) is 17.1 Å². The van der Waals surface area contributed by atoms with E-state index in [1.807, 2.05) is 23.7 Å². The molecule has 4 aromatic rings. The zero-order valence-electron chi connectivity index (χ0n) is 16.6. The quantitative estimate of drug-likeness (QED) is 0.506. The molecule has 30 heavy (non-hydrogen) atoms. The number of thiazole rings is 1. The summed E-state index contributed by atoms with van der Waals surface area (Å²) in [6.07, 6.45) is 3.56. The molecule has 0 atom stereocenters. The van der Waals surface area contributed by atoms with Gasteiger partial charge in [-0.25, -0.2) is 18.4 Å². The molecular formula is C20H21N5O3S2. The third-order valence-corrected chi connectivity index (χ3v) is 8.20. The first-order valence-electron chi connectivity index (χ1n) is 9.63. The first-order chi connectivity index (χ1) is 14.5. The zero-order chi connectivity index (χ0) is 20.9. The fraction of sp³-hybridized carbons (Fsp3) is 0.300. The second kappa shape index (κ2) is 7.22. The van der Waals surface area contributed by atoms with Gasteiger partial charge < -0.3 is 14.6 Å². The van der Waals surface area contributed by atoms with Crippen molar-refractivity contribution < 1.29 is 13.2 Å². The molecule has 156 valence electrons. The lowest BCUT2D eigenvalue weighted by atomic mass is 10.3. The normalized spacial score (nSPS) is 15.3. The molecule has 1 aliphatic rings. The molecule has 3 heterocycles. The number of fused-ring (bicyclic) bond motifs is 3. The van der Waals surface area contributed by atoms with Gasteiger partial charge in [-0.15, -0.1) is 0 Å². The van der Waals surface area contributed by atoms with Crippen LogP contribution >= 0.6 is 11.3 Å². The third-order valence-electron chi connectivity index (χ3n) is 5.37. The van der Waals surface area contributed by atoms with Crippen molar-refractivity contribution >= 4 is 53.4 Å². The SMILES string of the molecule is COc1ccc(S(=O)(=O)N2CCCC2)cc1Nc1nc2c(ccc3c2ncn3C)s1. The Morgan fingerprint density at radius 3 is 2.70 bits per heavy atom. The molecule has 8 nitrogen and oxygen atoms in total. The number of hydrogen-bond donors (Lipinski definition) is 1. The van der Waals surface area contributed by atoms with Gasteiger partial charge in [0.15, 0.2) is 5.13 Å². The number of nitrogens with zero attached hydrogens (tertiary/aromatic N) is 4. The number of nitrogens with one attached hydrogen (secondary N) is 1. The Morgan fingerprint density at radius 2 is 1.93 bits per heavy atom. The number of rotatable bonds is 5. The highest BCUT2D eigenvalue weighted by molar-refractivity contribution is 7.89. The molecule has 0 bridgehead atoms. The molecule has 1 aliphatic heterocycles. The molecule has 0 amide bonds. The summed E-state index contributed by atoms with van der Waals surface area (Å²) in [6.45, 7) is 1.13. The number of benzene rings is 2. The van der Waals surface area contributed by atoms with Gasteiger partial charge in [-0.3, -0.25) is 0 Å². The Hall–Kier alpha value is -2.69. The van der Waals surface area contributed by atoms with E-state index in [1.54, 1.807) is 31.6 Å². The molecule has 0 radical (unpaired) electrons. The van der Waals surface area contributed by atoms with Crippen molar-refractivity contribution in [2.24, 2.45) is 7.05 Å². The van der Waals surface area contributed by atoms with Gasteiger partial charge in [-0.1, -0.05) is 11.3 Å². The summed E-state index contributed by atoms with van der Waals surface area (Å²) < 4.78 is 35.9. The standard InChI is InChI=1S/C20H21N5O3S2/c1-24-12-21-18-15(24)6-8-17-19(18)23-20(29-17)22-14-11-13(5-7-16(14)28-2)30(26,27)25-9-3-4-10-25/h5-8,11-12H,3-4,9-10H2,1-2H3,(H,22,23). The highest BCUT2D eigenvalue weighted by atomic mass is 32.2. The molecule has 2 aromatic carbocycles. The summed E-state index contributed by atoms with van der Waals surface area (Å²) in [5.41, 5.74) is 3.24. The van der Waals surface area contributed by atoms with Crippen molar-refractivity contribution in [3.05, 3.63) is 36.7 Å². The van der Waals surface area contributed by atoms with Crippen molar-refractivity contribution in [1.29, 1.82) is 0 Å². The smallest absolute Gasteiger partial charge is 0.243 e. The average molecular weight is 444 g/mol. The minimum absolute atomic E-state index is 0.251. The molecule has 1 fully saturated rings. The summed E-state index contributed by atoms with van der Waals surface area (Å²) >= 11 is 1.49. The Balaban J connectivity index is 1.54. The van der Waals surface area contributed by atoms with Gasteiger partial charge in [0.2, 0.25) is 10.0 Å². The third kappa shape index (κ3) is 3.11. The molecule has 1 N–H and O–H groups in total. The lowest BCUT2D eigenvalue weighted by Gasteiger charge is -2.17. The molecule has 10 heteroatoms. The highest BCUT2D eigenvalue weighted by Crippen LogP contribution is 2.36. The van der Waals surface area contributed by atoms with Gasteiger partial charge in [0.05, 0.1) is 34.2 Å². The van der Waals surface area contributed by atoms with E-state index in [9.17, 15) is 8.42 Å². The number of methoxy groups -OCH3 is 1. The van der Waals surface area contributed by atoms with Crippen LogP contribution in [0.25, 0.3) is 21.3 Å². The molecule has 1 saturated heterocycles. The maximum atomic E-state index is 13.0. The lowest BCUT2D eigenvalue weighted by Crippen LogP contribution is -2.27. The number of hydrogen-bond acceptors (Lipinski definition) is 7. The predicted octanol–water partition coefficient (Wildman–Crippen LogP) is 3.72. The van der Waals surface area contributed by atoms with E-state index in [0.717, 1.165) is 34.1 Å². The van der Waals surface area contributed by atoms with E-state index in [4.69, 9.17) is 9.72 Å². The molecule has 0 spiro atoms. The highest BCUT2D eigenvalue weighted by Gasteiger charge is 2.28. The van der Waals surface area contributed by atoms with Crippen LogP contribution in [0.3, 0.4) is 0 Å². The van der Waals surface area contributed by atoms with Gasteiger partial charge in [0.25, 0.3) is 0 Å². The molecular weight excluding hydrogens is 422 g/mol. The maximum Gasteiger partial charge on any atom is 0.243 e. The van der Waals surface area contributed by atoms with Gasteiger partial charge >= 0.3 is 0 Å². The molecule has 0 aliphatic carbocycles. The van der Waals surface area contributed by atoms with Crippen molar-refractivity contribution in [2.45, 2.75) is 17.7 Å². The van der Waals surface area contributed by atoms with E-state index < -0.39 is 10.0 Å². The zero-order valence-corrected chi connectivity index (χ0v) is 18.3. The minimum atomic E-state index is -3.52. The maximum absolute atomic E-state index is 13.0. The Bertz CT molecular complexity index is 1350. The number of ether oxygens (including phenoxy) is 1. The van der Waals surface area contributed by atoms with Crippen molar-refractivity contribution in [3.63, 3.8) is 0 Å². The van der Waals surface area contributed by atoms with Crippen LogP contribution in [-0.4, -0.2) is 47.5 Å². The lowest BCUT2D eigenvalue weighted by molar-refractivity contribution is 0.416. The van der Waals surface area contributed by atoms with Crippen molar-refractivity contribution in [2.75, 3.05) is 25.5 Å². The Morgan fingerprint density at radius 1 is 1.13 bits per heavy atom. The summed E-state index contributed by atoms with van der Waals surface area (Å²) in [7, 11) is -0.0124. The van der Waals surface area contributed by atoms with Crippen LogP contribution in [0, 0.1) is 0 Å². The number of imidazole rings is 1. The van der Waals surface area contributed by atoms with Crippen LogP contribution in [0.15, 0.2) is 41.6 Å². The van der Waals surface area contributed by atoms with Gasteiger partial charge in [-0.05, 0) is 43.2 Å². The summed E-state index contributed by atoms with van der Waals surface area (Å²) in [4.78, 5) is 9.42. The van der Waals surface area contributed by atoms with Gasteiger partial charge in [0, 0.05) is 20.1 Å². The Kier molecular flexibility index (Phi) is 4.64. The molecule has 0 unspecified atom stereocenters. The van der Waals surface area contributed by atoms with Crippen LogP contribution in [0.1, 0.15) is 12.8 Å². The largest absolute Gasteiger partial charge is 0.495 e. The van der Waals surface area contributed by atoms with E-state index in [2.05, 4.69) is 10.3 Å². The topological polar surface area (TPSA) is 89.3 Å². The van der Waals surface area contributed by atoms with Crippen LogP contribution in [0.5, 0.6) is 5.75 Å². The minimum Gasteiger partial charge on any atom is -0.495 e. The number of anilines is 2. The number of sulfonamides is 1. The van der Waals surface area contributed by atoms with Gasteiger partial charge in [-0.2, -0.15) is 4.31 Å². The van der Waals surface area contributed by atoms with Gasteiger partial charge in [0.1, 0.15) is 16.8 Å². The second-order valence-electron chi connectivity index (χ2n) is 7.25. The molecule has 5 rings (SSSR count). The average Bonchev–Trinajstić information content (AvgIpc) is 3.47. The van der Waals surface area contributed by atoms with Crippen LogP contribution in [0.2, 0.25) is 0 Å². The molecule has 2 aromatic heterocycles. The van der Waals surface area contributed by atoms with Crippen molar-refractivity contribution in [3.8, 4) is 5.75 Å². The first kappa shape index (κ1) is 19.3. The van der Waals surface area contributed by atoms with Crippen LogP contribution in [0.4, 0.5) is 10.8 Å². The van der Waals surface area contributed by atoms with E-state index in [0.29, 0.717) is 29.7 Å². The second-order valence-corrected chi connectivity index (χ2v) is 10.2. The van der Waals surface area contributed by atoms with E-state index in [-0.39, 0.29) is 4.90 Å². The predicted molar refractivity (Wildman–Crippen MR) is 118 cm³/mol.